The Hall–Kier alpha value is -2.50. The zero-order valence-corrected chi connectivity index (χ0v) is 11.5. The Bertz CT molecular complexity index is 621. The summed E-state index contributed by atoms with van der Waals surface area (Å²) in [4.78, 5) is 10.4. The fourth-order valence-corrected chi connectivity index (χ4v) is 1.91. The number of methoxy groups -OCH3 is 1. The van der Waals surface area contributed by atoms with Crippen LogP contribution in [0.1, 0.15) is 24.5 Å². The number of aryl methyl sites for hydroxylation is 1. The molecule has 2 rings (SSSR count). The van der Waals surface area contributed by atoms with E-state index in [1.54, 1.807) is 6.07 Å². The SMILES string of the molecule is COc1ccc([N+](=O)[O-])cc1NC(C)c1ccc(C)o1. The van der Waals surface area contributed by atoms with E-state index in [0.29, 0.717) is 11.4 Å². The summed E-state index contributed by atoms with van der Waals surface area (Å²) in [6.45, 7) is 3.78. The van der Waals surface area contributed by atoms with Gasteiger partial charge in [0, 0.05) is 12.1 Å². The summed E-state index contributed by atoms with van der Waals surface area (Å²) >= 11 is 0. The molecular formula is C14H16N2O4. The second-order valence-corrected chi connectivity index (χ2v) is 4.46. The van der Waals surface area contributed by atoms with Gasteiger partial charge in [-0.3, -0.25) is 10.1 Å². The highest BCUT2D eigenvalue weighted by Crippen LogP contribution is 2.32. The lowest BCUT2D eigenvalue weighted by Gasteiger charge is -2.15. The molecule has 0 aliphatic heterocycles. The van der Waals surface area contributed by atoms with Crippen LogP contribution in [-0.4, -0.2) is 12.0 Å². The van der Waals surface area contributed by atoms with Crippen molar-refractivity contribution in [1.82, 2.24) is 0 Å². The monoisotopic (exact) mass is 276 g/mol. The number of nitrogens with one attached hydrogen (secondary N) is 1. The molecule has 106 valence electrons. The van der Waals surface area contributed by atoms with Gasteiger partial charge in [0.05, 0.1) is 23.8 Å². The molecule has 1 N–H and O–H groups in total. The van der Waals surface area contributed by atoms with E-state index in [1.807, 2.05) is 26.0 Å². The van der Waals surface area contributed by atoms with E-state index in [-0.39, 0.29) is 11.7 Å². The minimum Gasteiger partial charge on any atom is -0.495 e. The van der Waals surface area contributed by atoms with Crippen molar-refractivity contribution in [2.75, 3.05) is 12.4 Å². The van der Waals surface area contributed by atoms with Crippen molar-refractivity contribution in [3.8, 4) is 5.75 Å². The predicted octanol–water partition coefficient (Wildman–Crippen LogP) is 3.68. The van der Waals surface area contributed by atoms with Crippen LogP contribution in [0.4, 0.5) is 11.4 Å². The van der Waals surface area contributed by atoms with Gasteiger partial charge in [-0.2, -0.15) is 0 Å². The minimum atomic E-state index is -0.438. The van der Waals surface area contributed by atoms with Gasteiger partial charge in [-0.15, -0.1) is 0 Å². The number of benzene rings is 1. The van der Waals surface area contributed by atoms with E-state index in [2.05, 4.69) is 5.32 Å². The van der Waals surface area contributed by atoms with Crippen LogP contribution in [0, 0.1) is 17.0 Å². The first-order valence-corrected chi connectivity index (χ1v) is 6.16. The molecule has 1 aromatic carbocycles. The van der Waals surface area contributed by atoms with Crippen molar-refractivity contribution in [2.45, 2.75) is 19.9 Å². The number of ether oxygens (including phenoxy) is 1. The van der Waals surface area contributed by atoms with Crippen LogP contribution in [0.15, 0.2) is 34.7 Å². The Balaban J connectivity index is 2.27. The van der Waals surface area contributed by atoms with Crippen molar-refractivity contribution in [3.05, 3.63) is 52.0 Å². The molecule has 2 aromatic rings. The highest BCUT2D eigenvalue weighted by atomic mass is 16.6. The van der Waals surface area contributed by atoms with Gasteiger partial charge in [0.25, 0.3) is 5.69 Å². The Morgan fingerprint density at radius 3 is 2.65 bits per heavy atom. The molecule has 0 saturated heterocycles. The fourth-order valence-electron chi connectivity index (χ4n) is 1.91. The van der Waals surface area contributed by atoms with Crippen molar-refractivity contribution in [2.24, 2.45) is 0 Å². The van der Waals surface area contributed by atoms with Gasteiger partial charge in [0.15, 0.2) is 0 Å². The van der Waals surface area contributed by atoms with Gasteiger partial charge in [-0.1, -0.05) is 0 Å². The number of rotatable bonds is 5. The number of nitro groups is 1. The van der Waals surface area contributed by atoms with Crippen molar-refractivity contribution < 1.29 is 14.1 Å². The van der Waals surface area contributed by atoms with Gasteiger partial charge < -0.3 is 14.5 Å². The molecule has 0 radical (unpaired) electrons. The van der Waals surface area contributed by atoms with Crippen molar-refractivity contribution in [3.63, 3.8) is 0 Å². The molecule has 6 nitrogen and oxygen atoms in total. The van der Waals surface area contributed by atoms with Crippen LogP contribution in [0.2, 0.25) is 0 Å². The number of furan rings is 1. The summed E-state index contributed by atoms with van der Waals surface area (Å²) in [7, 11) is 1.52. The summed E-state index contributed by atoms with van der Waals surface area (Å²) in [5.41, 5.74) is 0.569. The van der Waals surface area contributed by atoms with E-state index in [0.717, 1.165) is 11.5 Å². The largest absolute Gasteiger partial charge is 0.495 e. The van der Waals surface area contributed by atoms with Gasteiger partial charge in [0.1, 0.15) is 17.3 Å². The predicted molar refractivity (Wildman–Crippen MR) is 75.1 cm³/mol. The van der Waals surface area contributed by atoms with Crippen LogP contribution >= 0.6 is 0 Å². The van der Waals surface area contributed by atoms with E-state index in [1.165, 1.54) is 19.2 Å². The van der Waals surface area contributed by atoms with Gasteiger partial charge >= 0.3 is 0 Å². The number of hydrogen-bond donors (Lipinski definition) is 1. The van der Waals surface area contributed by atoms with Crippen molar-refractivity contribution in [1.29, 1.82) is 0 Å². The third-order valence-corrected chi connectivity index (χ3v) is 2.95. The molecule has 1 heterocycles. The first-order valence-electron chi connectivity index (χ1n) is 6.16. The number of nitro benzene ring substituents is 1. The molecule has 0 fully saturated rings. The van der Waals surface area contributed by atoms with E-state index >= 15 is 0 Å². The third-order valence-electron chi connectivity index (χ3n) is 2.95. The normalized spacial score (nSPS) is 11.9. The third kappa shape index (κ3) is 2.90. The lowest BCUT2D eigenvalue weighted by molar-refractivity contribution is -0.384. The first-order chi connectivity index (χ1) is 9.51. The molecule has 6 heteroatoms. The Morgan fingerprint density at radius 1 is 1.35 bits per heavy atom. The van der Waals surface area contributed by atoms with Crippen LogP contribution in [0.3, 0.4) is 0 Å². The maximum absolute atomic E-state index is 10.8. The molecular weight excluding hydrogens is 260 g/mol. The van der Waals surface area contributed by atoms with Gasteiger partial charge in [-0.05, 0) is 32.0 Å². The standard InChI is InChI=1S/C14H16N2O4/c1-9-4-6-13(20-9)10(2)15-12-8-11(16(17)18)5-7-14(12)19-3/h4-8,10,15H,1-3H3. The van der Waals surface area contributed by atoms with Gasteiger partial charge in [-0.25, -0.2) is 0 Å². The first kappa shape index (κ1) is 13.9. The quantitative estimate of drug-likeness (QED) is 0.665. The van der Waals surface area contributed by atoms with Crippen LogP contribution in [0.5, 0.6) is 5.75 Å². The molecule has 0 saturated carbocycles. The molecule has 0 aliphatic carbocycles. The van der Waals surface area contributed by atoms with E-state index in [9.17, 15) is 10.1 Å². The average Bonchev–Trinajstić information content (AvgIpc) is 2.85. The number of non-ortho nitro benzene ring substituents is 1. The summed E-state index contributed by atoms with van der Waals surface area (Å²) in [6, 6.07) is 8.05. The molecule has 20 heavy (non-hydrogen) atoms. The van der Waals surface area contributed by atoms with Gasteiger partial charge in [0.2, 0.25) is 0 Å². The van der Waals surface area contributed by atoms with Crippen LogP contribution in [-0.2, 0) is 0 Å². The topological polar surface area (TPSA) is 77.5 Å². The Morgan fingerprint density at radius 2 is 2.10 bits per heavy atom. The number of nitrogens with zero attached hydrogens (tertiary/aromatic N) is 1. The smallest absolute Gasteiger partial charge is 0.271 e. The molecule has 1 aromatic heterocycles. The van der Waals surface area contributed by atoms with Crippen molar-refractivity contribution >= 4 is 11.4 Å². The Labute approximate surface area is 116 Å². The zero-order valence-electron chi connectivity index (χ0n) is 11.5. The number of anilines is 1. The molecule has 0 amide bonds. The van der Waals surface area contributed by atoms with E-state index in [4.69, 9.17) is 9.15 Å². The average molecular weight is 276 g/mol. The Kier molecular flexibility index (Phi) is 3.93. The lowest BCUT2D eigenvalue weighted by Crippen LogP contribution is -2.07. The zero-order chi connectivity index (χ0) is 14.7. The fraction of sp³-hybridized carbons (Fsp3) is 0.286. The lowest BCUT2D eigenvalue weighted by atomic mass is 10.2. The maximum Gasteiger partial charge on any atom is 0.271 e. The second-order valence-electron chi connectivity index (χ2n) is 4.46. The summed E-state index contributed by atoms with van der Waals surface area (Å²) in [5.74, 6) is 2.13. The van der Waals surface area contributed by atoms with E-state index < -0.39 is 4.92 Å². The highest BCUT2D eigenvalue weighted by Gasteiger charge is 2.15. The molecule has 0 spiro atoms. The maximum atomic E-state index is 10.8. The molecule has 0 aliphatic rings. The molecule has 1 unspecified atom stereocenters. The summed E-state index contributed by atoms with van der Waals surface area (Å²) < 4.78 is 10.7. The van der Waals surface area contributed by atoms with Crippen LogP contribution < -0.4 is 10.1 Å². The molecule has 0 bridgehead atoms. The van der Waals surface area contributed by atoms with Crippen LogP contribution in [0.25, 0.3) is 0 Å². The molecule has 1 atom stereocenters. The minimum absolute atomic E-state index is 0.0103. The summed E-state index contributed by atoms with van der Waals surface area (Å²) in [6.07, 6.45) is 0. The second kappa shape index (κ2) is 5.64. The highest BCUT2D eigenvalue weighted by molar-refractivity contribution is 5.62. The summed E-state index contributed by atoms with van der Waals surface area (Å²) in [5, 5.41) is 14.0. The number of hydrogen-bond acceptors (Lipinski definition) is 5.